The molecule has 2 aromatic rings. The molecule has 0 aliphatic rings. The van der Waals surface area contributed by atoms with Gasteiger partial charge in [-0.2, -0.15) is 0 Å². The molecular weight excluding hydrogens is 310 g/mol. The second-order valence-electron chi connectivity index (χ2n) is 4.99. The Hall–Kier alpha value is -2.18. The lowest BCUT2D eigenvalue weighted by atomic mass is 10.2. The van der Waals surface area contributed by atoms with Gasteiger partial charge in [0.1, 0.15) is 0 Å². The normalized spacial score (nSPS) is 10.6. The van der Waals surface area contributed by atoms with E-state index in [4.69, 9.17) is 0 Å². The van der Waals surface area contributed by atoms with Gasteiger partial charge in [0.05, 0.1) is 22.8 Å². The van der Waals surface area contributed by atoms with Crippen LogP contribution >= 0.6 is 11.3 Å². The van der Waals surface area contributed by atoms with Crippen LogP contribution in [0.2, 0.25) is 0 Å². The molecule has 5 nitrogen and oxygen atoms in total. The van der Waals surface area contributed by atoms with E-state index in [1.165, 1.54) is 11.3 Å². The Morgan fingerprint density at radius 2 is 1.65 bits per heavy atom. The monoisotopic (exact) mass is 331 g/mol. The minimum Gasteiger partial charge on any atom is -0.323 e. The van der Waals surface area contributed by atoms with Crippen LogP contribution in [0.15, 0.2) is 41.8 Å². The average Bonchev–Trinajstić information content (AvgIpc) is 3.09. The Balaban J connectivity index is 2.05. The van der Waals surface area contributed by atoms with E-state index >= 15 is 0 Å². The van der Waals surface area contributed by atoms with E-state index in [-0.39, 0.29) is 11.8 Å². The molecule has 0 atom stereocenters. The molecule has 0 radical (unpaired) electrons. The Bertz CT molecular complexity index is 652. The third-order valence-electron chi connectivity index (χ3n) is 3.46. The van der Waals surface area contributed by atoms with Crippen LogP contribution in [-0.2, 0) is 4.79 Å². The van der Waals surface area contributed by atoms with Crippen molar-refractivity contribution < 1.29 is 9.59 Å². The van der Waals surface area contributed by atoms with E-state index in [1.807, 2.05) is 42.3 Å². The van der Waals surface area contributed by atoms with Gasteiger partial charge in [-0.15, -0.1) is 11.3 Å². The summed E-state index contributed by atoms with van der Waals surface area (Å²) in [5, 5.41) is 7.56. The van der Waals surface area contributed by atoms with Crippen molar-refractivity contribution in [3.8, 4) is 0 Å². The number of rotatable bonds is 7. The third-order valence-corrected chi connectivity index (χ3v) is 4.32. The fourth-order valence-electron chi connectivity index (χ4n) is 2.13. The standard InChI is InChI=1S/C17H21N3O2S/c1-3-20(4-2)12-16(21)18-13-8-5-6-9-14(13)19-17(22)15-10-7-11-23-15/h5-11H,3-4,12H2,1-2H3,(H,18,21)(H,19,22). The van der Waals surface area contributed by atoms with E-state index in [9.17, 15) is 9.59 Å². The average molecular weight is 331 g/mol. The summed E-state index contributed by atoms with van der Waals surface area (Å²) in [5.74, 6) is -0.267. The number of thiophene rings is 1. The van der Waals surface area contributed by atoms with Crippen LogP contribution in [0.4, 0.5) is 11.4 Å². The molecule has 0 bridgehead atoms. The Morgan fingerprint density at radius 3 is 2.22 bits per heavy atom. The maximum absolute atomic E-state index is 12.2. The zero-order valence-corrected chi connectivity index (χ0v) is 14.2. The number of para-hydroxylation sites is 2. The predicted octanol–water partition coefficient (Wildman–Crippen LogP) is 3.28. The van der Waals surface area contributed by atoms with Crippen molar-refractivity contribution in [2.24, 2.45) is 0 Å². The molecule has 0 aliphatic heterocycles. The lowest BCUT2D eigenvalue weighted by Crippen LogP contribution is -2.33. The van der Waals surface area contributed by atoms with Crippen LogP contribution in [0.3, 0.4) is 0 Å². The molecule has 0 unspecified atom stereocenters. The molecule has 0 fully saturated rings. The van der Waals surface area contributed by atoms with Crippen molar-refractivity contribution in [1.82, 2.24) is 4.90 Å². The summed E-state index contributed by atoms with van der Waals surface area (Å²) in [7, 11) is 0. The van der Waals surface area contributed by atoms with Gasteiger partial charge >= 0.3 is 0 Å². The topological polar surface area (TPSA) is 61.4 Å². The van der Waals surface area contributed by atoms with Gasteiger partial charge in [-0.1, -0.05) is 32.0 Å². The number of carbonyl (C=O) groups excluding carboxylic acids is 2. The SMILES string of the molecule is CCN(CC)CC(=O)Nc1ccccc1NC(=O)c1cccs1. The second kappa shape index (κ2) is 8.45. The van der Waals surface area contributed by atoms with Crippen LogP contribution in [0, 0.1) is 0 Å². The first-order valence-corrected chi connectivity index (χ1v) is 8.48. The van der Waals surface area contributed by atoms with Gasteiger partial charge in [0.2, 0.25) is 5.91 Å². The fraction of sp³-hybridized carbons (Fsp3) is 0.294. The Kier molecular flexibility index (Phi) is 6.31. The van der Waals surface area contributed by atoms with Crippen LogP contribution in [0.5, 0.6) is 0 Å². The number of likely N-dealkylation sites (N-methyl/N-ethyl adjacent to an activating group) is 1. The minimum atomic E-state index is -0.176. The highest BCUT2D eigenvalue weighted by atomic mass is 32.1. The van der Waals surface area contributed by atoms with E-state index in [2.05, 4.69) is 10.6 Å². The Morgan fingerprint density at radius 1 is 1.00 bits per heavy atom. The molecule has 122 valence electrons. The molecule has 0 saturated heterocycles. The van der Waals surface area contributed by atoms with E-state index < -0.39 is 0 Å². The predicted molar refractivity (Wildman–Crippen MR) is 95.1 cm³/mol. The zero-order chi connectivity index (χ0) is 16.7. The number of anilines is 2. The first-order valence-electron chi connectivity index (χ1n) is 7.60. The van der Waals surface area contributed by atoms with Crippen LogP contribution in [-0.4, -0.2) is 36.3 Å². The molecule has 0 aliphatic carbocycles. The molecule has 6 heteroatoms. The number of benzene rings is 1. The van der Waals surface area contributed by atoms with Gasteiger partial charge in [-0.25, -0.2) is 0 Å². The quantitative estimate of drug-likeness (QED) is 0.818. The maximum atomic E-state index is 12.2. The molecule has 1 aromatic heterocycles. The summed E-state index contributed by atoms with van der Waals surface area (Å²) in [6.07, 6.45) is 0. The van der Waals surface area contributed by atoms with Gasteiger partial charge in [-0.3, -0.25) is 14.5 Å². The smallest absolute Gasteiger partial charge is 0.265 e. The second-order valence-corrected chi connectivity index (χ2v) is 5.93. The molecule has 1 aromatic carbocycles. The zero-order valence-electron chi connectivity index (χ0n) is 13.3. The molecule has 0 spiro atoms. The molecule has 2 rings (SSSR count). The van der Waals surface area contributed by atoms with Crippen molar-refractivity contribution >= 4 is 34.5 Å². The first-order chi connectivity index (χ1) is 11.1. The molecule has 1 heterocycles. The summed E-state index contributed by atoms with van der Waals surface area (Å²) in [6.45, 7) is 6.01. The van der Waals surface area contributed by atoms with E-state index in [0.717, 1.165) is 13.1 Å². The van der Waals surface area contributed by atoms with Gasteiger partial charge in [0, 0.05) is 0 Å². The largest absolute Gasteiger partial charge is 0.323 e. The number of carbonyl (C=O) groups is 2. The molecule has 0 saturated carbocycles. The van der Waals surface area contributed by atoms with Gasteiger partial charge in [0.15, 0.2) is 0 Å². The minimum absolute atomic E-state index is 0.0912. The number of nitrogens with one attached hydrogen (secondary N) is 2. The number of amides is 2. The fourth-order valence-corrected chi connectivity index (χ4v) is 2.75. The van der Waals surface area contributed by atoms with Gasteiger partial charge in [0.25, 0.3) is 5.91 Å². The summed E-state index contributed by atoms with van der Waals surface area (Å²) < 4.78 is 0. The first kappa shape index (κ1) is 17.2. The van der Waals surface area contributed by atoms with E-state index in [0.29, 0.717) is 22.8 Å². The highest BCUT2D eigenvalue weighted by molar-refractivity contribution is 7.12. The lowest BCUT2D eigenvalue weighted by molar-refractivity contribution is -0.117. The van der Waals surface area contributed by atoms with Crippen LogP contribution in [0.25, 0.3) is 0 Å². The maximum Gasteiger partial charge on any atom is 0.265 e. The van der Waals surface area contributed by atoms with Crippen molar-refractivity contribution in [2.75, 3.05) is 30.3 Å². The van der Waals surface area contributed by atoms with Gasteiger partial charge < -0.3 is 10.6 Å². The summed E-state index contributed by atoms with van der Waals surface area (Å²) in [5.41, 5.74) is 1.20. The van der Waals surface area contributed by atoms with Crippen molar-refractivity contribution in [2.45, 2.75) is 13.8 Å². The molecule has 23 heavy (non-hydrogen) atoms. The van der Waals surface area contributed by atoms with Crippen LogP contribution in [0.1, 0.15) is 23.5 Å². The summed E-state index contributed by atoms with van der Waals surface area (Å²) >= 11 is 1.38. The Labute approximate surface area is 140 Å². The lowest BCUT2D eigenvalue weighted by Gasteiger charge is -2.18. The molecule has 2 amide bonds. The van der Waals surface area contributed by atoms with Gasteiger partial charge in [-0.05, 0) is 36.7 Å². The molecular formula is C17H21N3O2S. The van der Waals surface area contributed by atoms with Crippen molar-refractivity contribution in [3.63, 3.8) is 0 Å². The highest BCUT2D eigenvalue weighted by Crippen LogP contribution is 2.22. The third kappa shape index (κ3) is 4.91. The summed E-state index contributed by atoms with van der Waals surface area (Å²) in [4.78, 5) is 27.0. The number of nitrogens with zero attached hydrogens (tertiary/aromatic N) is 1. The molecule has 2 N–H and O–H groups in total. The van der Waals surface area contributed by atoms with Crippen molar-refractivity contribution in [1.29, 1.82) is 0 Å². The van der Waals surface area contributed by atoms with Crippen LogP contribution < -0.4 is 10.6 Å². The number of hydrogen-bond acceptors (Lipinski definition) is 4. The summed E-state index contributed by atoms with van der Waals surface area (Å²) in [6, 6.07) is 10.8. The highest BCUT2D eigenvalue weighted by Gasteiger charge is 2.12. The van der Waals surface area contributed by atoms with E-state index in [1.54, 1.807) is 18.2 Å². The van der Waals surface area contributed by atoms with Crippen molar-refractivity contribution in [3.05, 3.63) is 46.7 Å². The number of hydrogen-bond donors (Lipinski definition) is 2.